The number of fused-ring (bicyclic) bond motifs is 3. The van der Waals surface area contributed by atoms with E-state index in [0.717, 1.165) is 16.8 Å². The van der Waals surface area contributed by atoms with E-state index in [1.807, 2.05) is 43.3 Å². The number of carbonyl (C=O) groups is 1. The molecule has 0 unspecified atom stereocenters. The normalized spacial score (nSPS) is 21.7. The van der Waals surface area contributed by atoms with Gasteiger partial charge in [-0.05, 0) is 42.8 Å². The van der Waals surface area contributed by atoms with Crippen LogP contribution in [0.15, 0.2) is 65.2 Å². The first-order chi connectivity index (χ1) is 24.4. The van der Waals surface area contributed by atoms with Crippen LogP contribution in [0.4, 0.5) is 30.4 Å². The second kappa shape index (κ2) is 12.3. The third-order valence-corrected chi connectivity index (χ3v) is 10.0. The lowest BCUT2D eigenvalue weighted by atomic mass is 9.90. The van der Waals surface area contributed by atoms with Gasteiger partial charge >= 0.3 is 12.1 Å². The zero-order valence-corrected chi connectivity index (χ0v) is 28.1. The molecule has 3 aliphatic rings. The van der Waals surface area contributed by atoms with E-state index in [-0.39, 0.29) is 41.8 Å². The number of ether oxygens (including phenoxy) is 3. The lowest BCUT2D eigenvalue weighted by Crippen LogP contribution is -2.68. The van der Waals surface area contributed by atoms with Crippen LogP contribution in [0.25, 0.3) is 33.2 Å². The van der Waals surface area contributed by atoms with E-state index in [1.54, 1.807) is 30.5 Å². The van der Waals surface area contributed by atoms with Crippen molar-refractivity contribution < 1.29 is 41.7 Å². The summed E-state index contributed by atoms with van der Waals surface area (Å²) >= 11 is 0. The van der Waals surface area contributed by atoms with Gasteiger partial charge in [-0.2, -0.15) is 13.2 Å². The lowest BCUT2D eigenvalue weighted by Gasteiger charge is -2.53. The predicted octanol–water partition coefficient (Wildman–Crippen LogP) is 5.63. The van der Waals surface area contributed by atoms with Gasteiger partial charge in [-0.15, -0.1) is 0 Å². The van der Waals surface area contributed by atoms with Gasteiger partial charge in [0, 0.05) is 49.9 Å². The largest absolute Gasteiger partial charge is 0.480 e. The van der Waals surface area contributed by atoms with E-state index >= 15 is 0 Å². The Labute approximate surface area is 290 Å². The quantitative estimate of drug-likeness (QED) is 0.226. The number of carboxylic acid groups (broad SMARTS) is 1. The Kier molecular flexibility index (Phi) is 7.94. The minimum Gasteiger partial charge on any atom is -0.480 e. The molecule has 5 aromatic rings. The standard InChI is InChI=1S/C36H35F3N6O6/c1-20-35(18-48-19-35)49-12-11-44(20)26-14-22(21-7-6-8-23(13-21)43(2)3)16-40-32(26)50-24-15-27(33(46)47)45(17-24)31-30-29(41-34(42-31)36(37,38)39)25-9-4-5-10-28(25)51-30/h4-10,13-14,16,20,24,27H,11-12,15,17-19H2,1-3H3,(H,46,47)/t20-,24-,27-/m0/s1. The van der Waals surface area contributed by atoms with Gasteiger partial charge in [0.25, 0.3) is 0 Å². The Morgan fingerprint density at radius 2 is 1.86 bits per heavy atom. The molecular formula is C36H35F3N6O6. The summed E-state index contributed by atoms with van der Waals surface area (Å²) in [4.78, 5) is 30.6. The zero-order chi connectivity index (χ0) is 35.7. The fraction of sp³-hybridized carbons (Fsp3) is 0.389. The molecule has 15 heteroatoms. The van der Waals surface area contributed by atoms with Crippen molar-refractivity contribution in [2.75, 3.05) is 61.7 Å². The van der Waals surface area contributed by atoms with Crippen LogP contribution in [0.5, 0.6) is 5.88 Å². The van der Waals surface area contributed by atoms with Crippen molar-refractivity contribution in [3.8, 4) is 17.0 Å². The highest BCUT2D eigenvalue weighted by Gasteiger charge is 2.50. The number of carboxylic acids is 1. The molecule has 1 N–H and O–H groups in total. The maximum atomic E-state index is 14.1. The minimum absolute atomic E-state index is 0.0330. The lowest BCUT2D eigenvalue weighted by molar-refractivity contribution is -0.228. The van der Waals surface area contributed by atoms with Crippen molar-refractivity contribution >= 4 is 45.2 Å². The average Bonchev–Trinajstić information content (AvgIpc) is 3.69. The van der Waals surface area contributed by atoms with Crippen LogP contribution in [-0.2, 0) is 20.4 Å². The molecule has 3 fully saturated rings. The number of morpholine rings is 1. The van der Waals surface area contributed by atoms with Crippen molar-refractivity contribution in [3.05, 3.63) is 66.6 Å². The molecule has 2 aromatic carbocycles. The molecule has 3 atom stereocenters. The number of hydrogen-bond acceptors (Lipinski definition) is 11. The van der Waals surface area contributed by atoms with E-state index in [9.17, 15) is 23.1 Å². The molecule has 0 bridgehead atoms. The summed E-state index contributed by atoms with van der Waals surface area (Å²) in [6.07, 6.45) is -4.01. The third-order valence-electron chi connectivity index (χ3n) is 10.0. The minimum atomic E-state index is -4.89. The summed E-state index contributed by atoms with van der Waals surface area (Å²) in [5.41, 5.74) is 3.23. The SMILES string of the molecule is C[C@@H]1N(c2cc(-c3cccc(N(C)C)c3)cnc2O[C@H]2C[C@@H](C(=O)O)N(c3nc(C(F)(F)F)nc4c3oc3ccccc34)C2)CCOC12COC2. The van der Waals surface area contributed by atoms with Crippen LogP contribution in [-0.4, -0.2) is 96.8 Å². The van der Waals surface area contributed by atoms with E-state index < -0.39 is 35.7 Å². The third kappa shape index (κ3) is 5.73. The number of halogens is 3. The Balaban J connectivity index is 1.18. The molecular weight excluding hydrogens is 669 g/mol. The van der Waals surface area contributed by atoms with Crippen molar-refractivity contribution in [1.82, 2.24) is 15.0 Å². The Morgan fingerprint density at radius 1 is 1.06 bits per heavy atom. The first-order valence-electron chi connectivity index (χ1n) is 16.6. The van der Waals surface area contributed by atoms with Crippen LogP contribution < -0.4 is 19.4 Å². The number of hydrogen-bond donors (Lipinski definition) is 1. The predicted molar refractivity (Wildman–Crippen MR) is 182 cm³/mol. The number of alkyl halides is 3. The van der Waals surface area contributed by atoms with Gasteiger partial charge in [-0.1, -0.05) is 24.3 Å². The van der Waals surface area contributed by atoms with E-state index in [4.69, 9.17) is 23.6 Å². The summed E-state index contributed by atoms with van der Waals surface area (Å²) < 4.78 is 66.6. The van der Waals surface area contributed by atoms with Crippen LogP contribution in [0.1, 0.15) is 19.2 Å². The van der Waals surface area contributed by atoms with Crippen LogP contribution >= 0.6 is 0 Å². The van der Waals surface area contributed by atoms with E-state index in [0.29, 0.717) is 43.0 Å². The monoisotopic (exact) mass is 704 g/mol. The van der Waals surface area contributed by atoms with Crippen molar-refractivity contribution in [2.45, 2.75) is 43.3 Å². The molecule has 266 valence electrons. The van der Waals surface area contributed by atoms with Crippen LogP contribution in [0, 0.1) is 0 Å². The number of benzene rings is 2. The maximum Gasteiger partial charge on any atom is 0.451 e. The van der Waals surface area contributed by atoms with Gasteiger partial charge in [0.05, 0.1) is 32.4 Å². The molecule has 3 aromatic heterocycles. The molecule has 3 aliphatic heterocycles. The Morgan fingerprint density at radius 3 is 2.59 bits per heavy atom. The van der Waals surface area contributed by atoms with Gasteiger partial charge in [0.1, 0.15) is 34.5 Å². The molecule has 1 spiro atoms. The summed E-state index contributed by atoms with van der Waals surface area (Å²) in [6.45, 7) is 3.87. The highest BCUT2D eigenvalue weighted by Crippen LogP contribution is 2.43. The fourth-order valence-electron chi connectivity index (χ4n) is 7.17. The number of aromatic nitrogens is 3. The van der Waals surface area contributed by atoms with Crippen molar-refractivity contribution in [1.29, 1.82) is 0 Å². The van der Waals surface area contributed by atoms with Gasteiger partial charge < -0.3 is 38.4 Å². The highest BCUT2D eigenvalue weighted by molar-refractivity contribution is 6.06. The maximum absolute atomic E-state index is 14.1. The fourth-order valence-corrected chi connectivity index (χ4v) is 7.17. The number of nitrogens with zero attached hydrogens (tertiary/aromatic N) is 6. The topological polar surface area (TPSA) is 127 Å². The van der Waals surface area contributed by atoms with Crippen LogP contribution in [0.2, 0.25) is 0 Å². The Bertz CT molecular complexity index is 2140. The number of anilines is 3. The molecule has 0 saturated carbocycles. The molecule has 3 saturated heterocycles. The summed E-state index contributed by atoms with van der Waals surface area (Å²) in [5.74, 6) is -2.62. The molecule has 6 heterocycles. The number of aliphatic carboxylic acids is 1. The summed E-state index contributed by atoms with van der Waals surface area (Å²) in [5, 5.41) is 10.7. The summed E-state index contributed by atoms with van der Waals surface area (Å²) in [7, 11) is 3.93. The van der Waals surface area contributed by atoms with Gasteiger partial charge in [-0.3, -0.25) is 0 Å². The molecule has 0 radical (unpaired) electrons. The molecule has 8 rings (SSSR count). The highest BCUT2D eigenvalue weighted by atomic mass is 19.4. The molecule has 0 amide bonds. The first-order valence-corrected chi connectivity index (χ1v) is 16.6. The Hall–Kier alpha value is -5.15. The van der Waals surface area contributed by atoms with Gasteiger partial charge in [0.2, 0.25) is 11.7 Å². The summed E-state index contributed by atoms with van der Waals surface area (Å²) in [6, 6.07) is 15.2. The second-order valence-electron chi connectivity index (χ2n) is 13.4. The molecule has 51 heavy (non-hydrogen) atoms. The zero-order valence-electron chi connectivity index (χ0n) is 28.1. The van der Waals surface area contributed by atoms with E-state index in [2.05, 4.69) is 27.9 Å². The first kappa shape index (κ1) is 33.0. The average molecular weight is 705 g/mol. The number of rotatable bonds is 7. The van der Waals surface area contributed by atoms with Crippen molar-refractivity contribution in [2.24, 2.45) is 0 Å². The molecule has 0 aliphatic carbocycles. The smallest absolute Gasteiger partial charge is 0.451 e. The number of pyridine rings is 1. The van der Waals surface area contributed by atoms with Gasteiger partial charge in [0.15, 0.2) is 11.4 Å². The van der Waals surface area contributed by atoms with Crippen LogP contribution in [0.3, 0.4) is 0 Å². The van der Waals surface area contributed by atoms with Gasteiger partial charge in [-0.25, -0.2) is 19.7 Å². The number of furan rings is 1. The molecule has 12 nitrogen and oxygen atoms in total. The van der Waals surface area contributed by atoms with Crippen molar-refractivity contribution in [3.63, 3.8) is 0 Å². The second-order valence-corrected chi connectivity index (χ2v) is 13.4. The number of para-hydroxylation sites is 1. The van der Waals surface area contributed by atoms with E-state index in [1.165, 1.54) is 4.90 Å².